The van der Waals surface area contributed by atoms with Crippen LogP contribution in [-0.4, -0.2) is 26.2 Å². The minimum Gasteiger partial charge on any atom is -0.493 e. The molecular weight excluding hydrogens is 372 g/mol. The fourth-order valence-electron chi connectivity index (χ4n) is 3.03. The second-order valence-electron chi connectivity index (χ2n) is 6.88. The van der Waals surface area contributed by atoms with E-state index < -0.39 is 17.4 Å². The third-order valence-corrected chi connectivity index (χ3v) is 5.03. The topological polar surface area (TPSA) is 71.1 Å². The van der Waals surface area contributed by atoms with E-state index in [1.54, 1.807) is 38.1 Å². The zero-order valence-corrected chi connectivity index (χ0v) is 17.8. The van der Waals surface area contributed by atoms with E-state index in [-0.39, 0.29) is 24.3 Å². The lowest BCUT2D eigenvalue weighted by Gasteiger charge is -2.27. The van der Waals surface area contributed by atoms with Gasteiger partial charge in [0.1, 0.15) is 0 Å². The number of ether oxygens (including phenoxy) is 4. The van der Waals surface area contributed by atoms with Crippen LogP contribution in [-0.2, 0) is 9.59 Å². The van der Waals surface area contributed by atoms with Crippen molar-refractivity contribution in [3.8, 4) is 23.0 Å². The maximum Gasteiger partial charge on any atom is 0.329 e. The molecule has 0 radical (unpaired) electrons. The summed E-state index contributed by atoms with van der Waals surface area (Å²) in [5, 5.41) is 0. The minimum absolute atomic E-state index is 0.226. The molecular formula is C23H28O6. The summed E-state index contributed by atoms with van der Waals surface area (Å²) >= 11 is 0. The van der Waals surface area contributed by atoms with Crippen molar-refractivity contribution >= 4 is 11.9 Å². The maximum atomic E-state index is 13.1. The highest BCUT2D eigenvalue weighted by Gasteiger charge is 2.47. The van der Waals surface area contributed by atoms with Crippen molar-refractivity contribution in [3.05, 3.63) is 47.5 Å². The van der Waals surface area contributed by atoms with E-state index in [2.05, 4.69) is 0 Å². The maximum absolute atomic E-state index is 13.1. The van der Waals surface area contributed by atoms with Crippen molar-refractivity contribution in [2.75, 3.05) is 14.2 Å². The second kappa shape index (κ2) is 9.45. The van der Waals surface area contributed by atoms with Crippen LogP contribution in [0, 0.1) is 19.3 Å². The lowest BCUT2D eigenvalue weighted by Crippen LogP contribution is -2.44. The molecule has 0 aliphatic rings. The van der Waals surface area contributed by atoms with Crippen molar-refractivity contribution in [2.45, 2.75) is 40.5 Å². The van der Waals surface area contributed by atoms with Crippen molar-refractivity contribution in [1.29, 1.82) is 0 Å². The lowest BCUT2D eigenvalue weighted by molar-refractivity contribution is -0.161. The van der Waals surface area contributed by atoms with Gasteiger partial charge in [0.25, 0.3) is 0 Å². The van der Waals surface area contributed by atoms with Crippen LogP contribution in [0.5, 0.6) is 23.0 Å². The molecule has 0 N–H and O–H groups in total. The van der Waals surface area contributed by atoms with Crippen molar-refractivity contribution in [2.24, 2.45) is 5.41 Å². The fourth-order valence-corrected chi connectivity index (χ4v) is 3.03. The van der Waals surface area contributed by atoms with Crippen LogP contribution in [0.2, 0.25) is 0 Å². The number of carbonyl (C=O) groups excluding carboxylic acids is 2. The Morgan fingerprint density at radius 3 is 1.41 bits per heavy atom. The molecule has 0 atom stereocenters. The van der Waals surface area contributed by atoms with Gasteiger partial charge in [-0.05, 0) is 62.1 Å². The summed E-state index contributed by atoms with van der Waals surface area (Å²) < 4.78 is 21.8. The van der Waals surface area contributed by atoms with Gasteiger partial charge < -0.3 is 18.9 Å². The molecule has 0 aliphatic heterocycles. The van der Waals surface area contributed by atoms with Gasteiger partial charge >= 0.3 is 11.9 Å². The van der Waals surface area contributed by atoms with E-state index in [1.807, 2.05) is 26.0 Å². The van der Waals surface area contributed by atoms with Crippen LogP contribution in [0.25, 0.3) is 0 Å². The van der Waals surface area contributed by atoms with Gasteiger partial charge in [0.2, 0.25) is 0 Å². The molecule has 29 heavy (non-hydrogen) atoms. The molecule has 2 rings (SSSR count). The standard InChI is InChI=1S/C23H28O6/c1-7-23(8-2,21(24)28-19-13-15(3)9-11-17(19)26-5)22(25)29-20-14-16(4)10-12-18(20)27-6/h9-14H,7-8H2,1-6H3. The molecule has 0 amide bonds. The van der Waals surface area contributed by atoms with Gasteiger partial charge in [-0.15, -0.1) is 0 Å². The predicted molar refractivity (Wildman–Crippen MR) is 110 cm³/mol. The Labute approximate surface area is 171 Å². The molecule has 0 saturated carbocycles. The van der Waals surface area contributed by atoms with Crippen LogP contribution in [0.3, 0.4) is 0 Å². The zero-order chi connectivity index (χ0) is 21.6. The second-order valence-corrected chi connectivity index (χ2v) is 6.88. The molecule has 0 aromatic heterocycles. The Hall–Kier alpha value is -3.02. The molecule has 6 heteroatoms. The van der Waals surface area contributed by atoms with Crippen LogP contribution >= 0.6 is 0 Å². The summed E-state index contributed by atoms with van der Waals surface area (Å²) in [5.74, 6) is 0.0121. The van der Waals surface area contributed by atoms with Gasteiger partial charge in [0.15, 0.2) is 28.4 Å². The quantitative estimate of drug-likeness (QED) is 0.365. The molecule has 156 valence electrons. The van der Waals surface area contributed by atoms with Crippen molar-refractivity contribution in [1.82, 2.24) is 0 Å². The fraction of sp³-hybridized carbons (Fsp3) is 0.391. The number of hydrogen-bond donors (Lipinski definition) is 0. The van der Waals surface area contributed by atoms with Gasteiger partial charge in [0.05, 0.1) is 14.2 Å². The number of esters is 2. The molecule has 0 aliphatic carbocycles. The minimum atomic E-state index is -1.45. The smallest absolute Gasteiger partial charge is 0.329 e. The van der Waals surface area contributed by atoms with Crippen molar-refractivity contribution < 1.29 is 28.5 Å². The molecule has 0 bridgehead atoms. The third kappa shape index (κ3) is 4.70. The molecule has 0 fully saturated rings. The Morgan fingerprint density at radius 1 is 0.724 bits per heavy atom. The molecule has 2 aromatic carbocycles. The van der Waals surface area contributed by atoms with Gasteiger partial charge in [0, 0.05) is 0 Å². The first kappa shape index (κ1) is 22.3. The lowest BCUT2D eigenvalue weighted by atomic mass is 9.82. The summed E-state index contributed by atoms with van der Waals surface area (Å²) in [6.45, 7) is 7.27. The average molecular weight is 400 g/mol. The Bertz CT molecular complexity index is 813. The van der Waals surface area contributed by atoms with E-state index in [1.165, 1.54) is 14.2 Å². The number of aryl methyl sites for hydroxylation is 2. The molecule has 0 saturated heterocycles. The number of benzene rings is 2. The van der Waals surface area contributed by atoms with Crippen LogP contribution in [0.1, 0.15) is 37.8 Å². The summed E-state index contributed by atoms with van der Waals surface area (Å²) in [6, 6.07) is 10.5. The molecule has 0 heterocycles. The van der Waals surface area contributed by atoms with E-state index in [9.17, 15) is 9.59 Å². The average Bonchev–Trinajstić information content (AvgIpc) is 2.70. The first-order valence-electron chi connectivity index (χ1n) is 9.55. The first-order valence-corrected chi connectivity index (χ1v) is 9.55. The number of methoxy groups -OCH3 is 2. The van der Waals surface area contributed by atoms with Crippen LogP contribution in [0.15, 0.2) is 36.4 Å². The zero-order valence-electron chi connectivity index (χ0n) is 17.8. The number of carbonyl (C=O) groups is 2. The number of rotatable bonds is 8. The highest BCUT2D eigenvalue weighted by Crippen LogP contribution is 2.36. The van der Waals surface area contributed by atoms with Gasteiger partial charge in [-0.3, -0.25) is 9.59 Å². The first-order chi connectivity index (χ1) is 13.8. The van der Waals surface area contributed by atoms with Gasteiger partial charge in [-0.1, -0.05) is 26.0 Å². The van der Waals surface area contributed by atoms with E-state index in [4.69, 9.17) is 18.9 Å². The van der Waals surface area contributed by atoms with E-state index in [0.29, 0.717) is 11.5 Å². The predicted octanol–water partition coefficient (Wildman–Crippen LogP) is 4.64. The van der Waals surface area contributed by atoms with Crippen LogP contribution in [0.4, 0.5) is 0 Å². The summed E-state index contributed by atoms with van der Waals surface area (Å²) in [7, 11) is 2.99. The SMILES string of the molecule is CCC(CC)(C(=O)Oc1cc(C)ccc1OC)C(=O)Oc1cc(C)ccc1OC. The normalized spacial score (nSPS) is 11.0. The Morgan fingerprint density at radius 2 is 1.10 bits per heavy atom. The third-order valence-electron chi connectivity index (χ3n) is 5.03. The molecule has 6 nitrogen and oxygen atoms in total. The molecule has 0 unspecified atom stereocenters. The van der Waals surface area contributed by atoms with E-state index in [0.717, 1.165) is 11.1 Å². The van der Waals surface area contributed by atoms with Gasteiger partial charge in [-0.25, -0.2) is 0 Å². The highest BCUT2D eigenvalue weighted by molar-refractivity contribution is 6.01. The Kier molecular flexibility index (Phi) is 7.26. The van der Waals surface area contributed by atoms with Crippen molar-refractivity contribution in [3.63, 3.8) is 0 Å². The van der Waals surface area contributed by atoms with Gasteiger partial charge in [-0.2, -0.15) is 0 Å². The summed E-state index contributed by atoms with van der Waals surface area (Å²) in [4.78, 5) is 26.2. The Balaban J connectivity index is 2.35. The highest BCUT2D eigenvalue weighted by atomic mass is 16.6. The summed E-state index contributed by atoms with van der Waals surface area (Å²) in [5.41, 5.74) is 0.349. The molecule has 0 spiro atoms. The monoisotopic (exact) mass is 400 g/mol. The van der Waals surface area contributed by atoms with E-state index >= 15 is 0 Å². The van der Waals surface area contributed by atoms with Crippen LogP contribution < -0.4 is 18.9 Å². The summed E-state index contributed by atoms with van der Waals surface area (Å²) in [6.07, 6.45) is 0.451. The number of hydrogen-bond acceptors (Lipinski definition) is 6. The molecule has 2 aromatic rings. The largest absolute Gasteiger partial charge is 0.493 e.